The van der Waals surface area contributed by atoms with Gasteiger partial charge < -0.3 is 9.73 Å². The van der Waals surface area contributed by atoms with Gasteiger partial charge >= 0.3 is 0 Å². The summed E-state index contributed by atoms with van der Waals surface area (Å²) in [6.07, 6.45) is 5.26. The number of hydrogen-bond acceptors (Lipinski definition) is 3. The Morgan fingerprint density at radius 1 is 1.29 bits per heavy atom. The number of furan rings is 1. The van der Waals surface area contributed by atoms with E-state index >= 15 is 0 Å². The lowest BCUT2D eigenvalue weighted by molar-refractivity contribution is 0.0964. The first-order valence-electron chi connectivity index (χ1n) is 8.45. The highest BCUT2D eigenvalue weighted by Crippen LogP contribution is 2.42. The van der Waals surface area contributed by atoms with Gasteiger partial charge in [0.25, 0.3) is 5.91 Å². The second kappa shape index (κ2) is 5.78. The molecule has 0 unspecified atom stereocenters. The van der Waals surface area contributed by atoms with Crippen LogP contribution in [0.1, 0.15) is 47.2 Å². The Balaban J connectivity index is 1.90. The van der Waals surface area contributed by atoms with Crippen molar-refractivity contribution in [3.63, 3.8) is 0 Å². The van der Waals surface area contributed by atoms with Crippen molar-refractivity contribution in [3.05, 3.63) is 53.2 Å². The van der Waals surface area contributed by atoms with Crippen LogP contribution in [0.15, 0.2) is 40.9 Å². The van der Waals surface area contributed by atoms with Gasteiger partial charge in [-0.3, -0.25) is 4.79 Å². The van der Waals surface area contributed by atoms with E-state index in [9.17, 15) is 4.79 Å². The number of carbonyl (C=O) groups excluding carboxylic acids is 1. The summed E-state index contributed by atoms with van der Waals surface area (Å²) in [6.45, 7) is 2.12. The molecule has 1 amide bonds. The van der Waals surface area contributed by atoms with Crippen LogP contribution in [0.25, 0.3) is 22.4 Å². The van der Waals surface area contributed by atoms with E-state index in [1.54, 1.807) is 7.05 Å². The van der Waals surface area contributed by atoms with Crippen LogP contribution in [0.2, 0.25) is 0 Å². The van der Waals surface area contributed by atoms with E-state index < -0.39 is 0 Å². The summed E-state index contributed by atoms with van der Waals surface area (Å²) in [5, 5.41) is 3.53. The Hall–Kier alpha value is -2.62. The van der Waals surface area contributed by atoms with E-state index in [0.29, 0.717) is 23.0 Å². The number of hydrogen-bond donors (Lipinski definition) is 1. The number of pyridine rings is 1. The van der Waals surface area contributed by atoms with Crippen LogP contribution < -0.4 is 5.32 Å². The fourth-order valence-electron chi connectivity index (χ4n) is 3.08. The molecule has 2 heterocycles. The molecule has 0 atom stereocenters. The smallest absolute Gasteiger partial charge is 0.255 e. The zero-order chi connectivity index (χ0) is 16.7. The summed E-state index contributed by atoms with van der Waals surface area (Å²) >= 11 is 0. The maximum Gasteiger partial charge on any atom is 0.255 e. The third-order valence-electron chi connectivity index (χ3n) is 4.69. The number of carbonyl (C=O) groups is 1. The summed E-state index contributed by atoms with van der Waals surface area (Å²) in [6, 6.07) is 10.2. The minimum atomic E-state index is -0.141. The van der Waals surface area contributed by atoms with Crippen molar-refractivity contribution in [2.24, 2.45) is 0 Å². The fraction of sp³-hybridized carbons (Fsp3) is 0.300. The van der Waals surface area contributed by atoms with Gasteiger partial charge in [-0.25, -0.2) is 4.98 Å². The van der Waals surface area contributed by atoms with E-state index in [1.165, 1.54) is 24.0 Å². The number of nitrogens with one attached hydrogen (secondary N) is 1. The Bertz CT molecular complexity index is 905. The molecule has 0 radical (unpaired) electrons. The SMILES string of the molecule is CCc1ccc(-c2oc3ncc(C4CC4)cc3c2C(=O)NC)cc1. The molecule has 1 aliphatic carbocycles. The van der Waals surface area contributed by atoms with Gasteiger partial charge in [-0.2, -0.15) is 0 Å². The molecule has 4 heteroatoms. The molecule has 24 heavy (non-hydrogen) atoms. The second-order valence-electron chi connectivity index (χ2n) is 6.33. The van der Waals surface area contributed by atoms with Crippen molar-refractivity contribution in [3.8, 4) is 11.3 Å². The summed E-state index contributed by atoms with van der Waals surface area (Å²) in [7, 11) is 1.64. The number of benzene rings is 1. The molecular formula is C20H20N2O2. The topological polar surface area (TPSA) is 55.1 Å². The summed E-state index contributed by atoms with van der Waals surface area (Å²) in [5.41, 5.74) is 4.45. The molecule has 4 rings (SSSR count). The summed E-state index contributed by atoms with van der Waals surface area (Å²) < 4.78 is 5.96. The van der Waals surface area contributed by atoms with Crippen LogP contribution in [-0.4, -0.2) is 17.9 Å². The molecule has 1 aromatic carbocycles. The molecule has 122 valence electrons. The van der Waals surface area contributed by atoms with Gasteiger partial charge in [0, 0.05) is 18.8 Å². The van der Waals surface area contributed by atoms with Gasteiger partial charge in [-0.05, 0) is 42.4 Å². The fourth-order valence-corrected chi connectivity index (χ4v) is 3.08. The Labute approximate surface area is 140 Å². The Morgan fingerprint density at radius 2 is 2.04 bits per heavy atom. The molecule has 0 spiro atoms. The first kappa shape index (κ1) is 14.9. The predicted octanol–water partition coefficient (Wildman–Crippen LogP) is 4.29. The minimum Gasteiger partial charge on any atom is -0.437 e. The van der Waals surface area contributed by atoms with Crippen LogP contribution in [0.3, 0.4) is 0 Å². The second-order valence-corrected chi connectivity index (χ2v) is 6.33. The standard InChI is InChI=1S/C20H20N2O2/c1-3-12-4-6-14(7-5-12)18-17(19(23)21-2)16-10-15(13-8-9-13)11-22-20(16)24-18/h4-7,10-11,13H,3,8-9H2,1-2H3,(H,21,23). The third-order valence-corrected chi connectivity index (χ3v) is 4.69. The zero-order valence-corrected chi connectivity index (χ0v) is 13.9. The molecule has 3 aromatic rings. The number of nitrogens with zero attached hydrogens (tertiary/aromatic N) is 1. The van der Waals surface area contributed by atoms with Crippen LogP contribution in [0, 0.1) is 0 Å². The van der Waals surface area contributed by atoms with Crippen LogP contribution >= 0.6 is 0 Å². The van der Waals surface area contributed by atoms with Crippen LogP contribution in [0.5, 0.6) is 0 Å². The molecule has 1 N–H and O–H groups in total. The average molecular weight is 320 g/mol. The van der Waals surface area contributed by atoms with E-state index in [4.69, 9.17) is 4.42 Å². The number of aryl methyl sites for hydroxylation is 1. The lowest BCUT2D eigenvalue weighted by atomic mass is 10.0. The van der Waals surface area contributed by atoms with Gasteiger partial charge in [0.15, 0.2) is 0 Å². The van der Waals surface area contributed by atoms with Gasteiger partial charge in [-0.1, -0.05) is 31.2 Å². The Morgan fingerprint density at radius 3 is 2.67 bits per heavy atom. The van der Waals surface area contributed by atoms with E-state index in [1.807, 2.05) is 18.3 Å². The van der Waals surface area contributed by atoms with E-state index in [-0.39, 0.29) is 5.91 Å². The van der Waals surface area contributed by atoms with Crippen LogP contribution in [0.4, 0.5) is 0 Å². The molecule has 0 bridgehead atoms. The molecule has 2 aromatic heterocycles. The van der Waals surface area contributed by atoms with Crippen molar-refractivity contribution >= 4 is 17.0 Å². The largest absolute Gasteiger partial charge is 0.437 e. The maximum absolute atomic E-state index is 12.5. The monoisotopic (exact) mass is 320 g/mol. The molecule has 1 saturated carbocycles. The van der Waals surface area contributed by atoms with Crippen molar-refractivity contribution in [2.45, 2.75) is 32.1 Å². The van der Waals surface area contributed by atoms with Gasteiger partial charge in [0.2, 0.25) is 5.71 Å². The zero-order valence-electron chi connectivity index (χ0n) is 13.9. The van der Waals surface area contributed by atoms with E-state index in [2.05, 4.69) is 35.4 Å². The van der Waals surface area contributed by atoms with Crippen molar-refractivity contribution < 1.29 is 9.21 Å². The van der Waals surface area contributed by atoms with Crippen molar-refractivity contribution in [1.29, 1.82) is 0 Å². The highest BCUT2D eigenvalue weighted by atomic mass is 16.3. The number of amides is 1. The molecule has 4 nitrogen and oxygen atoms in total. The maximum atomic E-state index is 12.5. The lowest BCUT2D eigenvalue weighted by Gasteiger charge is -2.03. The molecular weight excluding hydrogens is 300 g/mol. The molecule has 1 fully saturated rings. The summed E-state index contributed by atoms with van der Waals surface area (Å²) in [4.78, 5) is 17.0. The average Bonchev–Trinajstić information content (AvgIpc) is 3.41. The first-order valence-corrected chi connectivity index (χ1v) is 8.45. The number of fused-ring (bicyclic) bond motifs is 1. The predicted molar refractivity (Wildman–Crippen MR) is 94.2 cm³/mol. The molecule has 0 saturated heterocycles. The van der Waals surface area contributed by atoms with Crippen molar-refractivity contribution in [2.75, 3.05) is 7.05 Å². The van der Waals surface area contributed by atoms with Gasteiger partial charge in [-0.15, -0.1) is 0 Å². The first-order chi connectivity index (χ1) is 11.7. The van der Waals surface area contributed by atoms with Gasteiger partial charge in [0.1, 0.15) is 5.76 Å². The minimum absolute atomic E-state index is 0.141. The van der Waals surface area contributed by atoms with E-state index in [0.717, 1.165) is 17.4 Å². The quantitative estimate of drug-likeness (QED) is 0.780. The number of rotatable bonds is 4. The number of aromatic nitrogens is 1. The Kier molecular flexibility index (Phi) is 3.60. The highest BCUT2D eigenvalue weighted by Gasteiger charge is 2.27. The third kappa shape index (κ3) is 2.48. The summed E-state index contributed by atoms with van der Waals surface area (Å²) in [5.74, 6) is 1.03. The van der Waals surface area contributed by atoms with Gasteiger partial charge in [0.05, 0.1) is 10.9 Å². The van der Waals surface area contributed by atoms with Crippen LogP contribution in [-0.2, 0) is 6.42 Å². The van der Waals surface area contributed by atoms with Crippen molar-refractivity contribution in [1.82, 2.24) is 10.3 Å². The molecule has 0 aliphatic heterocycles. The highest BCUT2D eigenvalue weighted by molar-refractivity contribution is 6.10. The normalized spacial score (nSPS) is 14.1. The lowest BCUT2D eigenvalue weighted by Crippen LogP contribution is -2.18. The molecule has 1 aliphatic rings.